The van der Waals surface area contributed by atoms with E-state index in [0.717, 1.165) is 32.4 Å². The van der Waals surface area contributed by atoms with Crippen LogP contribution in [0.1, 0.15) is 42.7 Å². The summed E-state index contributed by atoms with van der Waals surface area (Å²) in [7, 11) is 0. The summed E-state index contributed by atoms with van der Waals surface area (Å²) in [6, 6.07) is 8.86. The van der Waals surface area contributed by atoms with Gasteiger partial charge in [0, 0.05) is 6.42 Å². The monoisotopic (exact) mass is 231 g/mol. The second kappa shape index (κ2) is 4.43. The van der Waals surface area contributed by atoms with Gasteiger partial charge in [-0.3, -0.25) is 0 Å². The zero-order chi connectivity index (χ0) is 11.7. The highest BCUT2D eigenvalue weighted by atomic mass is 16.3. The van der Waals surface area contributed by atoms with Crippen molar-refractivity contribution in [2.75, 3.05) is 13.1 Å². The lowest BCUT2D eigenvalue weighted by atomic mass is 9.88. The van der Waals surface area contributed by atoms with Crippen LogP contribution in [0.15, 0.2) is 24.3 Å². The van der Waals surface area contributed by atoms with Crippen molar-refractivity contribution in [1.82, 2.24) is 5.32 Å². The Kier molecular flexibility index (Phi) is 2.93. The van der Waals surface area contributed by atoms with Crippen molar-refractivity contribution in [2.24, 2.45) is 0 Å². The summed E-state index contributed by atoms with van der Waals surface area (Å²) in [6.45, 7) is 2.28. The maximum atomic E-state index is 9.97. The van der Waals surface area contributed by atoms with Crippen LogP contribution in [-0.2, 0) is 6.42 Å². The van der Waals surface area contributed by atoms with Gasteiger partial charge in [-0.2, -0.15) is 0 Å². The van der Waals surface area contributed by atoms with Crippen molar-refractivity contribution in [3.63, 3.8) is 0 Å². The van der Waals surface area contributed by atoms with Gasteiger partial charge in [0.1, 0.15) is 0 Å². The van der Waals surface area contributed by atoms with Crippen molar-refractivity contribution in [2.45, 2.75) is 43.6 Å². The summed E-state index contributed by atoms with van der Waals surface area (Å²) in [6.07, 6.45) is 5.28. The predicted molar refractivity (Wildman–Crippen MR) is 69.2 cm³/mol. The molecule has 1 aromatic carbocycles. The number of piperidine rings is 1. The maximum absolute atomic E-state index is 9.97. The molecule has 2 aliphatic rings. The summed E-state index contributed by atoms with van der Waals surface area (Å²) in [4.78, 5) is 0. The molecule has 2 nitrogen and oxygen atoms in total. The van der Waals surface area contributed by atoms with Crippen molar-refractivity contribution in [1.29, 1.82) is 0 Å². The Labute approximate surface area is 103 Å². The number of hydrogen-bond donors (Lipinski definition) is 2. The number of nitrogens with one attached hydrogen (secondary N) is 1. The topological polar surface area (TPSA) is 32.3 Å². The molecule has 92 valence electrons. The smallest absolute Gasteiger partial charge is 0.0690 e. The first-order valence-corrected chi connectivity index (χ1v) is 6.77. The minimum atomic E-state index is -0.368. The van der Waals surface area contributed by atoms with Crippen molar-refractivity contribution < 1.29 is 5.11 Å². The van der Waals surface area contributed by atoms with Gasteiger partial charge in [0.25, 0.3) is 0 Å². The van der Waals surface area contributed by atoms with Crippen molar-refractivity contribution in [3.8, 4) is 0 Å². The number of aliphatic hydroxyl groups is 1. The van der Waals surface area contributed by atoms with E-state index in [9.17, 15) is 5.11 Å². The molecule has 2 heteroatoms. The minimum Gasteiger partial charge on any atom is -0.390 e. The van der Waals surface area contributed by atoms with E-state index < -0.39 is 0 Å². The molecular weight excluding hydrogens is 210 g/mol. The van der Waals surface area contributed by atoms with Crippen LogP contribution in [0.2, 0.25) is 0 Å². The molecule has 1 aromatic rings. The zero-order valence-corrected chi connectivity index (χ0v) is 10.3. The van der Waals surface area contributed by atoms with E-state index in [2.05, 4.69) is 29.6 Å². The number of rotatable bonds is 3. The van der Waals surface area contributed by atoms with Crippen molar-refractivity contribution in [3.05, 3.63) is 35.4 Å². The van der Waals surface area contributed by atoms with Gasteiger partial charge in [0.05, 0.1) is 5.60 Å². The van der Waals surface area contributed by atoms with Gasteiger partial charge in [0.2, 0.25) is 0 Å². The third kappa shape index (κ3) is 2.70. The molecule has 0 atom stereocenters. The lowest BCUT2D eigenvalue weighted by molar-refractivity contribution is 0.151. The van der Waals surface area contributed by atoms with E-state index in [1.54, 1.807) is 0 Å². The van der Waals surface area contributed by atoms with Crippen LogP contribution >= 0.6 is 0 Å². The van der Waals surface area contributed by atoms with Crippen LogP contribution < -0.4 is 5.32 Å². The lowest BCUT2D eigenvalue weighted by Crippen LogP contribution is -2.26. The average Bonchev–Trinajstić information content (AvgIpc) is 3.08. The van der Waals surface area contributed by atoms with Crippen LogP contribution in [0.4, 0.5) is 0 Å². The van der Waals surface area contributed by atoms with Crippen LogP contribution in [0.25, 0.3) is 0 Å². The molecule has 17 heavy (non-hydrogen) atoms. The predicted octanol–water partition coefficient (Wildman–Crippen LogP) is 2.22. The molecule has 2 N–H and O–H groups in total. The molecule has 0 aromatic heterocycles. The second-order valence-electron chi connectivity index (χ2n) is 5.67. The van der Waals surface area contributed by atoms with E-state index >= 15 is 0 Å². The minimum absolute atomic E-state index is 0.368. The Balaban J connectivity index is 1.73. The van der Waals surface area contributed by atoms with E-state index in [1.165, 1.54) is 24.0 Å². The average molecular weight is 231 g/mol. The highest BCUT2D eigenvalue weighted by molar-refractivity contribution is 5.28. The molecule has 2 fully saturated rings. The Hall–Kier alpha value is -0.860. The molecule has 1 aliphatic carbocycles. The maximum Gasteiger partial charge on any atom is 0.0690 e. The zero-order valence-electron chi connectivity index (χ0n) is 10.3. The molecule has 3 rings (SSSR count). The van der Waals surface area contributed by atoms with Crippen LogP contribution in [-0.4, -0.2) is 23.8 Å². The van der Waals surface area contributed by atoms with Crippen LogP contribution in [0, 0.1) is 0 Å². The fourth-order valence-corrected chi connectivity index (χ4v) is 2.81. The van der Waals surface area contributed by atoms with Gasteiger partial charge < -0.3 is 10.4 Å². The largest absolute Gasteiger partial charge is 0.390 e. The molecule has 0 unspecified atom stereocenters. The van der Waals surface area contributed by atoms with Gasteiger partial charge in [-0.05, 0) is 55.8 Å². The summed E-state index contributed by atoms with van der Waals surface area (Å²) >= 11 is 0. The molecule has 0 amide bonds. The quantitative estimate of drug-likeness (QED) is 0.836. The summed E-state index contributed by atoms with van der Waals surface area (Å²) in [5, 5.41) is 13.4. The van der Waals surface area contributed by atoms with E-state index in [-0.39, 0.29) is 5.60 Å². The number of hydrogen-bond acceptors (Lipinski definition) is 2. The third-order valence-corrected chi connectivity index (χ3v) is 4.12. The summed E-state index contributed by atoms with van der Waals surface area (Å²) in [5.74, 6) is 0.713. The first-order chi connectivity index (χ1) is 8.25. The third-order valence-electron chi connectivity index (χ3n) is 4.12. The molecule has 0 spiro atoms. The fraction of sp³-hybridized carbons (Fsp3) is 0.600. The first-order valence-electron chi connectivity index (χ1n) is 6.77. The molecule has 0 radical (unpaired) electrons. The fourth-order valence-electron chi connectivity index (χ4n) is 2.81. The van der Waals surface area contributed by atoms with Gasteiger partial charge >= 0.3 is 0 Å². The summed E-state index contributed by atoms with van der Waals surface area (Å²) < 4.78 is 0. The van der Waals surface area contributed by atoms with E-state index in [4.69, 9.17) is 0 Å². The molecule has 1 aliphatic heterocycles. The van der Waals surface area contributed by atoms with Crippen LogP contribution in [0.3, 0.4) is 0 Å². The summed E-state index contributed by atoms with van der Waals surface area (Å²) in [5.41, 5.74) is 2.40. The Morgan fingerprint density at radius 2 is 2.00 bits per heavy atom. The van der Waals surface area contributed by atoms with E-state index in [0.29, 0.717) is 5.92 Å². The Morgan fingerprint density at radius 1 is 1.24 bits per heavy atom. The van der Waals surface area contributed by atoms with Gasteiger partial charge in [-0.25, -0.2) is 0 Å². The first kappa shape index (κ1) is 11.2. The highest BCUT2D eigenvalue weighted by Crippen LogP contribution is 2.38. The molecule has 1 saturated heterocycles. The van der Waals surface area contributed by atoms with Gasteiger partial charge in [0.15, 0.2) is 0 Å². The van der Waals surface area contributed by atoms with Gasteiger partial charge in [-0.1, -0.05) is 24.3 Å². The van der Waals surface area contributed by atoms with Crippen molar-refractivity contribution >= 4 is 0 Å². The Bertz CT molecular complexity index is 392. The standard InChI is InChI=1S/C15H21NO/c17-15(6-7-15)11-12-2-1-3-14(10-12)13-4-8-16-9-5-13/h1-3,10,13,16-17H,4-9,11H2. The Morgan fingerprint density at radius 3 is 2.71 bits per heavy atom. The number of benzene rings is 1. The lowest BCUT2D eigenvalue weighted by Gasteiger charge is -2.23. The van der Waals surface area contributed by atoms with E-state index in [1.807, 2.05) is 0 Å². The molecule has 0 bridgehead atoms. The normalized spacial score (nSPS) is 23.6. The highest BCUT2D eigenvalue weighted by Gasteiger charge is 2.40. The van der Waals surface area contributed by atoms with Gasteiger partial charge in [-0.15, -0.1) is 0 Å². The SMILES string of the molecule is OC1(Cc2cccc(C3CCNCC3)c2)CC1. The second-order valence-corrected chi connectivity index (χ2v) is 5.67. The molecule has 1 saturated carbocycles. The molecule has 1 heterocycles. The molecular formula is C15H21NO. The van der Waals surface area contributed by atoms with Crippen LogP contribution in [0.5, 0.6) is 0 Å².